The molecule has 0 radical (unpaired) electrons. The number of aliphatic hydroxyl groups is 1. The molecule has 3 fully saturated rings. The minimum atomic E-state index is -1.31. The van der Waals surface area contributed by atoms with Gasteiger partial charge in [0.05, 0.1) is 40.8 Å². The van der Waals surface area contributed by atoms with Gasteiger partial charge in [0.1, 0.15) is 11.6 Å². The first-order chi connectivity index (χ1) is 23.7. The SMILES string of the molecule is C=CCN(C(=O)[C@@H]1[C@H]2C(=O)N([C@@H](CO)Cc3ccccc3)C(C(=O)N(CC=C)c3c(C)cccc3Cl)C23CC[C@@]1(CC)O3)c1ccccc1. The number of hydrogen-bond donors (Lipinski definition) is 1. The molecule has 8 nitrogen and oxygen atoms in total. The van der Waals surface area contributed by atoms with Crippen molar-refractivity contribution in [2.45, 2.75) is 62.8 Å². The maximum Gasteiger partial charge on any atom is 0.253 e. The second-order valence-corrected chi connectivity index (χ2v) is 13.7. The third-order valence-corrected chi connectivity index (χ3v) is 11.0. The Kier molecular flexibility index (Phi) is 9.85. The maximum absolute atomic E-state index is 15.3. The minimum Gasteiger partial charge on any atom is -0.394 e. The number of aryl methyl sites for hydroxylation is 1. The van der Waals surface area contributed by atoms with Gasteiger partial charge in [0, 0.05) is 18.8 Å². The number of likely N-dealkylation sites (tertiary alicyclic amines) is 1. The molecule has 2 bridgehead atoms. The number of carbonyl (C=O) groups is 3. The molecule has 1 N–H and O–H groups in total. The molecular weight excluding hydrogens is 638 g/mol. The van der Waals surface area contributed by atoms with Gasteiger partial charge in [0.15, 0.2) is 0 Å². The zero-order chi connectivity index (χ0) is 34.9. The van der Waals surface area contributed by atoms with Crippen LogP contribution in [0.5, 0.6) is 0 Å². The summed E-state index contributed by atoms with van der Waals surface area (Å²) < 4.78 is 7.10. The highest BCUT2D eigenvalue weighted by molar-refractivity contribution is 6.34. The fourth-order valence-corrected chi connectivity index (χ4v) is 8.93. The number of hydrogen-bond acceptors (Lipinski definition) is 5. The molecule has 3 saturated heterocycles. The summed E-state index contributed by atoms with van der Waals surface area (Å²) in [6.07, 6.45) is 5.01. The largest absolute Gasteiger partial charge is 0.394 e. The first kappa shape index (κ1) is 34.6. The Bertz CT molecular complexity index is 1710. The molecule has 9 heteroatoms. The number of aliphatic hydroxyl groups excluding tert-OH is 1. The molecule has 3 aromatic rings. The lowest BCUT2D eigenvalue weighted by Gasteiger charge is -2.40. The zero-order valence-corrected chi connectivity index (χ0v) is 28.9. The van der Waals surface area contributed by atoms with Gasteiger partial charge >= 0.3 is 0 Å². The summed E-state index contributed by atoms with van der Waals surface area (Å²) in [6, 6.07) is 22.5. The first-order valence-electron chi connectivity index (χ1n) is 17.0. The van der Waals surface area contributed by atoms with Crippen molar-refractivity contribution in [3.8, 4) is 0 Å². The van der Waals surface area contributed by atoms with Crippen molar-refractivity contribution in [1.29, 1.82) is 0 Å². The van der Waals surface area contributed by atoms with Crippen LogP contribution in [0.25, 0.3) is 0 Å². The molecule has 6 atom stereocenters. The Morgan fingerprint density at radius 1 is 0.980 bits per heavy atom. The minimum absolute atomic E-state index is 0.133. The molecule has 3 heterocycles. The average Bonchev–Trinajstić information content (AvgIpc) is 3.73. The number of para-hydroxylation sites is 2. The summed E-state index contributed by atoms with van der Waals surface area (Å²) in [4.78, 5) is 50.1. The van der Waals surface area contributed by atoms with Gasteiger partial charge in [0.2, 0.25) is 11.8 Å². The van der Waals surface area contributed by atoms with E-state index in [9.17, 15) is 9.90 Å². The fraction of sp³-hybridized carbons (Fsp3) is 0.375. The Balaban J connectivity index is 1.52. The highest BCUT2D eigenvalue weighted by atomic mass is 35.5. The van der Waals surface area contributed by atoms with Crippen LogP contribution >= 0.6 is 11.6 Å². The lowest BCUT2D eigenvalue weighted by molar-refractivity contribution is -0.149. The molecule has 49 heavy (non-hydrogen) atoms. The third kappa shape index (κ3) is 5.69. The van der Waals surface area contributed by atoms with Crippen molar-refractivity contribution < 1.29 is 24.2 Å². The number of nitrogens with zero attached hydrogens (tertiary/aromatic N) is 3. The Labute approximate surface area is 293 Å². The van der Waals surface area contributed by atoms with Crippen LogP contribution in [0.15, 0.2) is 104 Å². The lowest BCUT2D eigenvalue weighted by atomic mass is 9.64. The van der Waals surface area contributed by atoms with E-state index in [0.29, 0.717) is 42.1 Å². The molecule has 0 aromatic heterocycles. The normalized spacial score (nSPS) is 25.9. The Hall–Kier alpha value is -4.24. The van der Waals surface area contributed by atoms with Crippen LogP contribution in [0.4, 0.5) is 11.4 Å². The van der Waals surface area contributed by atoms with Crippen LogP contribution in [-0.4, -0.2) is 70.7 Å². The summed E-state index contributed by atoms with van der Waals surface area (Å²) >= 11 is 6.75. The second-order valence-electron chi connectivity index (χ2n) is 13.3. The van der Waals surface area contributed by atoms with Crippen molar-refractivity contribution in [2.24, 2.45) is 11.8 Å². The van der Waals surface area contributed by atoms with Crippen molar-refractivity contribution in [2.75, 3.05) is 29.5 Å². The smallest absolute Gasteiger partial charge is 0.253 e. The van der Waals surface area contributed by atoms with Gasteiger partial charge in [-0.25, -0.2) is 0 Å². The van der Waals surface area contributed by atoms with Gasteiger partial charge in [-0.2, -0.15) is 0 Å². The van der Waals surface area contributed by atoms with E-state index in [4.69, 9.17) is 16.3 Å². The Morgan fingerprint density at radius 2 is 1.63 bits per heavy atom. The van der Waals surface area contributed by atoms with Crippen molar-refractivity contribution >= 4 is 40.7 Å². The number of benzene rings is 3. The van der Waals surface area contributed by atoms with Crippen molar-refractivity contribution in [1.82, 2.24) is 4.90 Å². The molecule has 3 aromatic carbocycles. The molecule has 1 spiro atoms. The number of halogens is 1. The average molecular weight is 682 g/mol. The van der Waals surface area contributed by atoms with Crippen LogP contribution in [0.1, 0.15) is 37.3 Å². The zero-order valence-electron chi connectivity index (χ0n) is 28.1. The predicted molar refractivity (Wildman–Crippen MR) is 192 cm³/mol. The first-order valence-corrected chi connectivity index (χ1v) is 17.4. The van der Waals surface area contributed by atoms with E-state index < -0.39 is 35.1 Å². The van der Waals surface area contributed by atoms with E-state index in [1.807, 2.05) is 86.6 Å². The van der Waals surface area contributed by atoms with Gasteiger partial charge in [-0.15, -0.1) is 13.2 Å². The molecule has 3 aliphatic rings. The van der Waals surface area contributed by atoms with Gasteiger partial charge in [-0.3, -0.25) is 14.4 Å². The lowest BCUT2D eigenvalue weighted by Crippen LogP contribution is -2.59. The summed E-state index contributed by atoms with van der Waals surface area (Å²) in [5, 5.41) is 11.3. The number of ether oxygens (including phenoxy) is 1. The number of amides is 3. The molecule has 6 rings (SSSR count). The van der Waals surface area contributed by atoms with E-state index in [1.54, 1.807) is 28.0 Å². The monoisotopic (exact) mass is 681 g/mol. The van der Waals surface area contributed by atoms with Crippen molar-refractivity contribution in [3.63, 3.8) is 0 Å². The van der Waals surface area contributed by atoms with E-state index in [-0.39, 0.29) is 37.4 Å². The predicted octanol–water partition coefficient (Wildman–Crippen LogP) is 6.15. The summed E-state index contributed by atoms with van der Waals surface area (Å²) in [6.45, 7) is 11.7. The van der Waals surface area contributed by atoms with Gasteiger partial charge < -0.3 is 24.5 Å². The van der Waals surface area contributed by atoms with E-state index in [0.717, 1.165) is 11.1 Å². The molecule has 2 unspecified atom stereocenters. The molecular formula is C40H44ClN3O5. The number of anilines is 2. The molecule has 0 saturated carbocycles. The molecule has 3 aliphatic heterocycles. The molecule has 0 aliphatic carbocycles. The van der Waals surface area contributed by atoms with Crippen LogP contribution in [0.3, 0.4) is 0 Å². The van der Waals surface area contributed by atoms with Crippen LogP contribution in [-0.2, 0) is 25.5 Å². The fourth-order valence-electron chi connectivity index (χ4n) is 8.60. The second kappa shape index (κ2) is 13.9. The van der Waals surface area contributed by atoms with Crippen LogP contribution in [0.2, 0.25) is 5.02 Å². The van der Waals surface area contributed by atoms with Crippen LogP contribution < -0.4 is 9.80 Å². The topological polar surface area (TPSA) is 90.4 Å². The van der Waals surface area contributed by atoms with Crippen LogP contribution in [0, 0.1) is 18.8 Å². The number of fused-ring (bicyclic) bond motifs is 1. The summed E-state index contributed by atoms with van der Waals surface area (Å²) in [5.41, 5.74) is 0.649. The standard InChI is InChI=1S/C40H44ClN3O5/c1-5-23-42(29-18-12-9-13-19-29)36(46)32-33-37(47)44(30(26-45)25-28-16-10-8-11-17-28)35(40(33)22-21-39(32,7-3)49-40)38(48)43(24-6-2)34-27(4)15-14-20-31(34)41/h5-6,8-20,30,32-33,35,45H,1-2,7,21-26H2,3-4H3/t30-,32+,33+,35?,39-,40?/m1/s1. The van der Waals surface area contributed by atoms with E-state index in [1.165, 1.54) is 4.90 Å². The van der Waals surface area contributed by atoms with E-state index in [2.05, 4.69) is 13.2 Å². The molecule has 256 valence electrons. The van der Waals surface area contributed by atoms with Gasteiger partial charge in [0.25, 0.3) is 5.91 Å². The van der Waals surface area contributed by atoms with E-state index >= 15 is 9.59 Å². The number of carbonyl (C=O) groups excluding carboxylic acids is 3. The number of rotatable bonds is 13. The molecule has 3 amide bonds. The summed E-state index contributed by atoms with van der Waals surface area (Å²) in [7, 11) is 0. The van der Waals surface area contributed by atoms with Gasteiger partial charge in [-0.1, -0.05) is 91.3 Å². The third-order valence-electron chi connectivity index (χ3n) is 10.7. The maximum atomic E-state index is 15.3. The highest BCUT2D eigenvalue weighted by Crippen LogP contribution is 2.65. The Morgan fingerprint density at radius 3 is 2.24 bits per heavy atom. The van der Waals surface area contributed by atoms with Gasteiger partial charge in [-0.05, 0) is 61.9 Å². The summed E-state index contributed by atoms with van der Waals surface area (Å²) in [5.74, 6) is -2.78. The van der Waals surface area contributed by atoms with Crippen molar-refractivity contribution in [3.05, 3.63) is 120 Å². The quantitative estimate of drug-likeness (QED) is 0.219. The highest BCUT2D eigenvalue weighted by Gasteiger charge is 2.79.